The number of methoxy groups -OCH3 is 1. The first kappa shape index (κ1) is 21.0. The van der Waals surface area contributed by atoms with Gasteiger partial charge in [-0.25, -0.2) is 4.79 Å². The largest absolute Gasteiger partial charge is 0.481 e. The van der Waals surface area contributed by atoms with E-state index in [1.54, 1.807) is 0 Å². The second-order valence-electron chi connectivity index (χ2n) is 7.47. The lowest BCUT2D eigenvalue weighted by Gasteiger charge is -2.27. The molecule has 7 heteroatoms. The molecule has 29 heavy (non-hydrogen) atoms. The number of rotatable bonds is 5. The molecule has 1 aromatic heterocycles. The van der Waals surface area contributed by atoms with E-state index in [4.69, 9.17) is 4.74 Å². The number of esters is 1. The summed E-state index contributed by atoms with van der Waals surface area (Å²) in [6.07, 6.45) is 2.66. The maximum Gasteiger partial charge on any atom is 0.341 e. The third-order valence-electron chi connectivity index (χ3n) is 5.66. The average molecular weight is 416 g/mol. The van der Waals surface area contributed by atoms with Gasteiger partial charge in [0.2, 0.25) is 5.91 Å². The minimum Gasteiger partial charge on any atom is -0.481 e. The first-order chi connectivity index (χ1) is 13.8. The molecule has 2 unspecified atom stereocenters. The number of aryl methyl sites for hydroxylation is 2. The van der Waals surface area contributed by atoms with Gasteiger partial charge in [-0.3, -0.25) is 9.59 Å². The molecule has 1 heterocycles. The summed E-state index contributed by atoms with van der Waals surface area (Å²) >= 11 is 1.25. The predicted octanol–water partition coefficient (Wildman–Crippen LogP) is 4.65. The average Bonchev–Trinajstić information content (AvgIpc) is 3.12. The van der Waals surface area contributed by atoms with Crippen LogP contribution in [0.1, 0.15) is 47.2 Å². The molecule has 1 aromatic carbocycles. The number of thiophene rings is 1. The molecule has 1 saturated carbocycles. The van der Waals surface area contributed by atoms with E-state index < -0.39 is 23.8 Å². The Balaban J connectivity index is 1.94. The molecule has 0 aliphatic heterocycles. The molecule has 154 valence electrons. The first-order valence-corrected chi connectivity index (χ1v) is 10.5. The van der Waals surface area contributed by atoms with Crippen LogP contribution >= 0.6 is 11.3 Å². The van der Waals surface area contributed by atoms with Gasteiger partial charge in [0.25, 0.3) is 0 Å². The fourth-order valence-electron chi connectivity index (χ4n) is 3.82. The van der Waals surface area contributed by atoms with Gasteiger partial charge < -0.3 is 15.2 Å². The number of hydrogen-bond acceptors (Lipinski definition) is 5. The van der Waals surface area contributed by atoms with Crippen molar-refractivity contribution in [3.8, 4) is 11.1 Å². The summed E-state index contributed by atoms with van der Waals surface area (Å²) in [5.41, 5.74) is 4.11. The maximum absolute atomic E-state index is 12.9. The highest BCUT2D eigenvalue weighted by Crippen LogP contribution is 2.38. The molecule has 2 aromatic rings. The van der Waals surface area contributed by atoms with E-state index in [1.807, 2.05) is 37.4 Å². The molecule has 1 fully saturated rings. The summed E-state index contributed by atoms with van der Waals surface area (Å²) < 4.78 is 4.96. The number of carboxylic acid groups (broad SMARTS) is 1. The van der Waals surface area contributed by atoms with Crippen LogP contribution in [0.5, 0.6) is 0 Å². The lowest BCUT2D eigenvalue weighted by atomic mass is 9.79. The number of hydrogen-bond donors (Lipinski definition) is 2. The number of benzene rings is 1. The molecule has 6 nitrogen and oxygen atoms in total. The summed E-state index contributed by atoms with van der Waals surface area (Å²) in [5, 5.41) is 14.5. The number of carboxylic acids is 1. The van der Waals surface area contributed by atoms with Gasteiger partial charge in [0, 0.05) is 10.9 Å². The van der Waals surface area contributed by atoms with Gasteiger partial charge >= 0.3 is 11.9 Å². The van der Waals surface area contributed by atoms with Crippen LogP contribution in [0.25, 0.3) is 11.1 Å². The zero-order valence-electron chi connectivity index (χ0n) is 16.8. The molecule has 0 radical (unpaired) electrons. The smallest absolute Gasteiger partial charge is 0.341 e. The van der Waals surface area contributed by atoms with Gasteiger partial charge in [-0.15, -0.1) is 11.3 Å². The normalized spacial score (nSPS) is 18.9. The van der Waals surface area contributed by atoms with E-state index in [0.717, 1.165) is 29.5 Å². The van der Waals surface area contributed by atoms with Gasteiger partial charge in [-0.05, 0) is 43.4 Å². The topological polar surface area (TPSA) is 92.7 Å². The van der Waals surface area contributed by atoms with Crippen molar-refractivity contribution in [2.75, 3.05) is 12.4 Å². The Morgan fingerprint density at radius 3 is 2.41 bits per heavy atom. The Morgan fingerprint density at radius 1 is 1.10 bits per heavy atom. The van der Waals surface area contributed by atoms with Crippen LogP contribution in [0, 0.1) is 25.7 Å². The fourth-order valence-corrected chi connectivity index (χ4v) is 4.78. The van der Waals surface area contributed by atoms with Crippen LogP contribution < -0.4 is 5.32 Å². The van der Waals surface area contributed by atoms with Crippen molar-refractivity contribution >= 4 is 34.2 Å². The third kappa shape index (κ3) is 4.34. The zero-order valence-corrected chi connectivity index (χ0v) is 17.6. The Morgan fingerprint density at radius 2 is 1.79 bits per heavy atom. The fraction of sp³-hybridized carbons (Fsp3) is 0.409. The number of ether oxygens (including phenoxy) is 1. The Kier molecular flexibility index (Phi) is 6.37. The Labute approximate surface area is 173 Å². The van der Waals surface area contributed by atoms with E-state index in [-0.39, 0.29) is 5.91 Å². The summed E-state index contributed by atoms with van der Waals surface area (Å²) in [6, 6.07) is 5.92. The number of aliphatic carboxylic acids is 1. The molecule has 2 atom stereocenters. The molecule has 2 N–H and O–H groups in total. The maximum atomic E-state index is 12.9. The molecule has 0 spiro atoms. The molecule has 1 aliphatic carbocycles. The number of carbonyl (C=O) groups is 3. The van der Waals surface area contributed by atoms with Crippen molar-refractivity contribution in [3.05, 3.63) is 40.3 Å². The lowest BCUT2D eigenvalue weighted by molar-refractivity contribution is -0.147. The number of anilines is 1. The first-order valence-electron chi connectivity index (χ1n) is 9.64. The number of carbonyl (C=O) groups excluding carboxylic acids is 2. The van der Waals surface area contributed by atoms with Crippen LogP contribution in [0.4, 0.5) is 5.00 Å². The van der Waals surface area contributed by atoms with Crippen molar-refractivity contribution in [2.45, 2.75) is 39.5 Å². The van der Waals surface area contributed by atoms with Gasteiger partial charge in [-0.2, -0.15) is 0 Å². The number of nitrogens with one attached hydrogen (secondary N) is 1. The van der Waals surface area contributed by atoms with Crippen molar-refractivity contribution in [1.82, 2.24) is 0 Å². The van der Waals surface area contributed by atoms with E-state index in [9.17, 15) is 19.5 Å². The van der Waals surface area contributed by atoms with Crippen molar-refractivity contribution in [3.63, 3.8) is 0 Å². The molecule has 0 bridgehead atoms. The third-order valence-corrected chi connectivity index (χ3v) is 6.55. The van der Waals surface area contributed by atoms with E-state index >= 15 is 0 Å². The second kappa shape index (κ2) is 8.78. The van der Waals surface area contributed by atoms with Gasteiger partial charge in [0.1, 0.15) is 10.6 Å². The van der Waals surface area contributed by atoms with Gasteiger partial charge in [0.15, 0.2) is 0 Å². The monoisotopic (exact) mass is 415 g/mol. The zero-order chi connectivity index (χ0) is 21.1. The van der Waals surface area contributed by atoms with Crippen LogP contribution in [0.15, 0.2) is 23.6 Å². The van der Waals surface area contributed by atoms with Crippen LogP contribution in [-0.2, 0) is 14.3 Å². The lowest BCUT2D eigenvalue weighted by Crippen LogP contribution is -2.36. The van der Waals surface area contributed by atoms with E-state index in [2.05, 4.69) is 5.32 Å². The minimum absolute atomic E-state index is 0.303. The SMILES string of the molecule is COC(=O)c1c(-c2ccc(C)c(C)c2)csc1NC(=O)C1CCCCC1C(=O)O. The predicted molar refractivity (Wildman–Crippen MR) is 112 cm³/mol. The molecular formula is C22H25NO5S. The minimum atomic E-state index is -0.944. The Bertz CT molecular complexity index is 949. The van der Waals surface area contributed by atoms with E-state index in [1.165, 1.54) is 18.4 Å². The van der Waals surface area contributed by atoms with Crippen molar-refractivity contribution in [2.24, 2.45) is 11.8 Å². The van der Waals surface area contributed by atoms with Crippen molar-refractivity contribution in [1.29, 1.82) is 0 Å². The highest BCUT2D eigenvalue weighted by Gasteiger charge is 2.36. The summed E-state index contributed by atoms with van der Waals surface area (Å²) in [6.45, 7) is 4.02. The van der Waals surface area contributed by atoms with Gasteiger partial charge in [0.05, 0.1) is 18.9 Å². The summed E-state index contributed by atoms with van der Waals surface area (Å²) in [7, 11) is 1.30. The van der Waals surface area contributed by atoms with Gasteiger partial charge in [-0.1, -0.05) is 31.0 Å². The molecule has 1 aliphatic rings. The Hall–Kier alpha value is -2.67. The van der Waals surface area contributed by atoms with Crippen LogP contribution in [0.3, 0.4) is 0 Å². The quantitative estimate of drug-likeness (QED) is 0.694. The molecular weight excluding hydrogens is 390 g/mol. The highest BCUT2D eigenvalue weighted by molar-refractivity contribution is 7.15. The van der Waals surface area contributed by atoms with E-state index in [0.29, 0.717) is 29.0 Å². The summed E-state index contributed by atoms with van der Waals surface area (Å²) in [4.78, 5) is 36.9. The summed E-state index contributed by atoms with van der Waals surface area (Å²) in [5.74, 6) is -3.12. The molecule has 3 rings (SSSR count). The highest BCUT2D eigenvalue weighted by atomic mass is 32.1. The van der Waals surface area contributed by atoms with Crippen LogP contribution in [0.2, 0.25) is 0 Å². The standard InChI is InChI=1S/C22H25NO5S/c1-12-8-9-14(10-13(12)2)17-11-29-20(18(17)22(27)28-3)23-19(24)15-6-4-5-7-16(15)21(25)26/h8-11,15-16H,4-7H2,1-3H3,(H,23,24)(H,25,26). The number of amides is 1. The van der Waals surface area contributed by atoms with Crippen LogP contribution in [-0.4, -0.2) is 30.1 Å². The molecule has 0 saturated heterocycles. The van der Waals surface area contributed by atoms with Crippen molar-refractivity contribution < 1.29 is 24.2 Å². The molecule has 1 amide bonds. The second-order valence-corrected chi connectivity index (χ2v) is 8.35.